The third-order valence-corrected chi connectivity index (χ3v) is 12.3. The largest absolute Gasteiger partial charge is 0.306 e. The molecule has 0 bridgehead atoms. The molecule has 0 fully saturated rings. The van der Waals surface area contributed by atoms with Gasteiger partial charge in [0.1, 0.15) is 11.4 Å². The van der Waals surface area contributed by atoms with Crippen molar-refractivity contribution in [3.8, 4) is 33.9 Å². The maximum Gasteiger partial charge on any atom is 0.113 e. The third-order valence-electron chi connectivity index (χ3n) is 10.0. The molecule has 266 valence electrons. The highest BCUT2D eigenvalue weighted by molar-refractivity contribution is 8.00. The highest BCUT2D eigenvalue weighted by Crippen LogP contribution is 2.53. The Balaban J connectivity index is 0.930. The SMILES string of the molecule is c1cc(-c2cn(-c3ccccc3N3c4ccccc4Sc4ccccc43)nn2)cc(-c2cn(-c3ccccc3N3c4ccccc4Sc4ccccc43)nn2)c1. The minimum atomic E-state index is 0.759. The van der Waals surface area contributed by atoms with Crippen LogP contribution in [-0.4, -0.2) is 30.0 Å². The van der Waals surface area contributed by atoms with E-state index < -0.39 is 0 Å². The molecule has 0 saturated heterocycles. The molecule has 0 unspecified atom stereocenters. The van der Waals surface area contributed by atoms with Crippen LogP contribution in [0, 0.1) is 0 Å². The van der Waals surface area contributed by atoms with Crippen molar-refractivity contribution in [2.24, 2.45) is 0 Å². The summed E-state index contributed by atoms with van der Waals surface area (Å²) < 4.78 is 3.74. The first-order valence-corrected chi connectivity index (χ1v) is 19.9. The second-order valence-electron chi connectivity index (χ2n) is 13.4. The van der Waals surface area contributed by atoms with Crippen molar-refractivity contribution < 1.29 is 0 Å². The second-order valence-corrected chi connectivity index (χ2v) is 15.6. The van der Waals surface area contributed by atoms with Crippen LogP contribution >= 0.6 is 23.5 Å². The molecule has 4 heterocycles. The van der Waals surface area contributed by atoms with E-state index in [-0.39, 0.29) is 0 Å². The topological polar surface area (TPSA) is 67.9 Å². The summed E-state index contributed by atoms with van der Waals surface area (Å²) >= 11 is 3.59. The van der Waals surface area contributed by atoms with Gasteiger partial charge in [-0.15, -0.1) is 10.2 Å². The molecule has 0 amide bonds. The number of hydrogen-bond acceptors (Lipinski definition) is 8. The molecule has 2 aromatic heterocycles. The van der Waals surface area contributed by atoms with Gasteiger partial charge in [0.2, 0.25) is 0 Å². The van der Waals surface area contributed by atoms with Crippen LogP contribution in [0.25, 0.3) is 33.9 Å². The molecule has 56 heavy (non-hydrogen) atoms. The predicted octanol–water partition coefficient (Wildman–Crippen LogP) is 12.1. The molecule has 0 N–H and O–H groups in total. The first-order chi connectivity index (χ1) is 27.8. The molecular formula is C46H30N8S2. The van der Waals surface area contributed by atoms with Crippen LogP contribution in [0.4, 0.5) is 34.1 Å². The Morgan fingerprint density at radius 1 is 0.321 bits per heavy atom. The Kier molecular flexibility index (Phi) is 7.82. The number of nitrogens with zero attached hydrogens (tertiary/aromatic N) is 8. The fraction of sp³-hybridized carbons (Fsp3) is 0. The van der Waals surface area contributed by atoms with Gasteiger partial charge in [0.05, 0.1) is 57.9 Å². The number of para-hydroxylation sites is 8. The summed E-state index contributed by atoms with van der Waals surface area (Å²) in [6.07, 6.45) is 3.99. The van der Waals surface area contributed by atoms with Crippen LogP contribution in [-0.2, 0) is 0 Å². The van der Waals surface area contributed by atoms with Gasteiger partial charge in [-0.25, -0.2) is 9.36 Å². The number of anilines is 6. The van der Waals surface area contributed by atoms with Crippen LogP contribution in [0.2, 0.25) is 0 Å². The van der Waals surface area contributed by atoms with Crippen LogP contribution in [0.1, 0.15) is 0 Å². The van der Waals surface area contributed by atoms with Crippen molar-refractivity contribution in [2.75, 3.05) is 9.80 Å². The van der Waals surface area contributed by atoms with E-state index in [9.17, 15) is 0 Å². The van der Waals surface area contributed by atoms with Crippen molar-refractivity contribution in [3.05, 3.63) is 182 Å². The van der Waals surface area contributed by atoms with Gasteiger partial charge in [0.25, 0.3) is 0 Å². The minimum absolute atomic E-state index is 0.759. The van der Waals surface area contributed by atoms with E-state index in [1.54, 1.807) is 23.5 Å². The normalized spacial score (nSPS) is 12.8. The van der Waals surface area contributed by atoms with E-state index in [4.69, 9.17) is 0 Å². The summed E-state index contributed by atoms with van der Waals surface area (Å²) in [7, 11) is 0. The van der Waals surface area contributed by atoms with Crippen molar-refractivity contribution in [1.29, 1.82) is 0 Å². The Labute approximate surface area is 331 Å². The summed E-state index contributed by atoms with van der Waals surface area (Å²) in [4.78, 5) is 9.47. The average molecular weight is 759 g/mol. The second kappa shape index (κ2) is 13.5. The maximum atomic E-state index is 4.67. The van der Waals surface area contributed by atoms with E-state index in [1.165, 1.54) is 19.6 Å². The lowest BCUT2D eigenvalue weighted by atomic mass is 10.1. The zero-order chi connectivity index (χ0) is 37.0. The summed E-state index contributed by atoms with van der Waals surface area (Å²) in [6.45, 7) is 0. The molecule has 0 radical (unpaired) electrons. The monoisotopic (exact) mass is 758 g/mol. The van der Waals surface area contributed by atoms with Gasteiger partial charge in [-0.2, -0.15) is 0 Å². The zero-order valence-electron chi connectivity index (χ0n) is 29.7. The van der Waals surface area contributed by atoms with E-state index in [1.807, 2.05) is 40.0 Å². The molecule has 8 nitrogen and oxygen atoms in total. The van der Waals surface area contributed by atoms with Crippen molar-refractivity contribution in [3.63, 3.8) is 0 Å². The van der Waals surface area contributed by atoms with Crippen LogP contribution in [0.15, 0.2) is 202 Å². The lowest BCUT2D eigenvalue weighted by Gasteiger charge is -2.33. The molecule has 7 aromatic carbocycles. The maximum absolute atomic E-state index is 4.67. The third kappa shape index (κ3) is 5.49. The van der Waals surface area contributed by atoms with Gasteiger partial charge in [0.15, 0.2) is 0 Å². The van der Waals surface area contributed by atoms with Gasteiger partial charge in [-0.3, -0.25) is 0 Å². The number of hydrogen-bond donors (Lipinski definition) is 0. The van der Waals surface area contributed by atoms with Gasteiger partial charge in [-0.1, -0.05) is 125 Å². The molecule has 2 aliphatic rings. The molecule has 0 saturated carbocycles. The molecule has 2 aliphatic heterocycles. The first-order valence-electron chi connectivity index (χ1n) is 18.2. The molecule has 0 aliphatic carbocycles. The fourth-order valence-corrected chi connectivity index (χ4v) is 9.60. The molecular weight excluding hydrogens is 729 g/mol. The number of aromatic nitrogens is 6. The minimum Gasteiger partial charge on any atom is -0.306 e. The first kappa shape index (κ1) is 32.5. The van der Waals surface area contributed by atoms with Gasteiger partial charge in [0, 0.05) is 30.7 Å². The lowest BCUT2D eigenvalue weighted by Crippen LogP contribution is -2.17. The number of benzene rings is 7. The van der Waals surface area contributed by atoms with E-state index >= 15 is 0 Å². The molecule has 0 atom stereocenters. The Morgan fingerprint density at radius 3 is 1.02 bits per heavy atom. The Bertz CT molecular complexity index is 2650. The Morgan fingerprint density at radius 2 is 0.643 bits per heavy atom. The quantitative estimate of drug-likeness (QED) is 0.166. The summed E-state index contributed by atoms with van der Waals surface area (Å²) in [5.41, 5.74) is 11.8. The van der Waals surface area contributed by atoms with Crippen molar-refractivity contribution in [2.45, 2.75) is 19.6 Å². The van der Waals surface area contributed by atoms with Crippen molar-refractivity contribution in [1.82, 2.24) is 30.0 Å². The van der Waals surface area contributed by atoms with Crippen LogP contribution in [0.5, 0.6) is 0 Å². The number of rotatable bonds is 6. The lowest BCUT2D eigenvalue weighted by molar-refractivity contribution is 0.802. The molecule has 0 spiro atoms. The number of fused-ring (bicyclic) bond motifs is 4. The van der Waals surface area contributed by atoms with E-state index in [2.05, 4.69) is 182 Å². The standard InChI is InChI=1S/C46H30N8S2/c1-3-18-37(53-39-20-5-9-24-43(39)55-44-25-10-6-21-40(44)53)35(16-1)51-29-33(47-49-51)31-14-13-15-32(28-31)34-30-52(50-48-34)36-17-2-4-19-38(36)54-41-22-7-11-26-45(41)56-46-27-12-8-23-42(46)54/h1-30H. The van der Waals surface area contributed by atoms with Gasteiger partial charge < -0.3 is 9.80 Å². The fourth-order valence-electron chi connectivity index (χ4n) is 7.49. The zero-order valence-corrected chi connectivity index (χ0v) is 31.3. The molecule has 11 rings (SSSR count). The average Bonchev–Trinajstić information content (AvgIpc) is 3.97. The van der Waals surface area contributed by atoms with Crippen LogP contribution < -0.4 is 9.80 Å². The smallest absolute Gasteiger partial charge is 0.113 e. The summed E-state index contributed by atoms with van der Waals surface area (Å²) in [5, 5.41) is 18.7. The predicted molar refractivity (Wildman–Crippen MR) is 225 cm³/mol. The molecule has 10 heteroatoms. The van der Waals surface area contributed by atoms with Gasteiger partial charge >= 0.3 is 0 Å². The summed E-state index contributed by atoms with van der Waals surface area (Å²) in [5.74, 6) is 0. The van der Waals surface area contributed by atoms with E-state index in [0.29, 0.717) is 0 Å². The van der Waals surface area contributed by atoms with Gasteiger partial charge in [-0.05, 0) is 78.9 Å². The van der Waals surface area contributed by atoms with Crippen LogP contribution in [0.3, 0.4) is 0 Å². The van der Waals surface area contributed by atoms with Crippen molar-refractivity contribution >= 4 is 57.6 Å². The van der Waals surface area contributed by atoms with E-state index in [0.717, 1.165) is 68.0 Å². The Hall–Kier alpha value is -6.88. The molecule has 9 aromatic rings. The highest BCUT2D eigenvalue weighted by atomic mass is 32.2. The summed E-state index contributed by atoms with van der Waals surface area (Å²) in [6, 6.07) is 59.1. The highest BCUT2D eigenvalue weighted by Gasteiger charge is 2.28.